The molecule has 128 valence electrons. The largest absolute Gasteiger partial charge is 0.481 e. The number of aliphatic carboxylic acids is 1. The van der Waals surface area contributed by atoms with E-state index in [-0.39, 0.29) is 24.1 Å². The Kier molecular flexibility index (Phi) is 5.06. The van der Waals surface area contributed by atoms with Gasteiger partial charge in [0.25, 0.3) is 5.56 Å². The molecule has 24 heavy (non-hydrogen) atoms. The summed E-state index contributed by atoms with van der Waals surface area (Å²) < 4.78 is 39.2. The van der Waals surface area contributed by atoms with Gasteiger partial charge in [-0.25, -0.2) is 4.68 Å². The van der Waals surface area contributed by atoms with Crippen LogP contribution in [0.3, 0.4) is 0 Å². The molecule has 0 aliphatic rings. The Hall–Kier alpha value is -2.64. The van der Waals surface area contributed by atoms with E-state index in [1.54, 1.807) is 6.92 Å². The van der Waals surface area contributed by atoms with Crippen LogP contribution in [0.1, 0.15) is 36.0 Å². The maximum Gasteiger partial charge on any atom is 0.416 e. The van der Waals surface area contributed by atoms with E-state index in [0.29, 0.717) is 0 Å². The molecule has 1 heterocycles. The van der Waals surface area contributed by atoms with Crippen molar-refractivity contribution in [2.24, 2.45) is 0 Å². The number of hydrogen-bond donors (Lipinski definition) is 1. The van der Waals surface area contributed by atoms with E-state index in [2.05, 4.69) is 5.10 Å². The summed E-state index contributed by atoms with van der Waals surface area (Å²) in [7, 11) is 0. The molecule has 2 aromatic rings. The number of benzene rings is 1. The van der Waals surface area contributed by atoms with Crippen molar-refractivity contribution in [1.82, 2.24) is 9.78 Å². The van der Waals surface area contributed by atoms with Crippen LogP contribution in [0.15, 0.2) is 41.3 Å². The van der Waals surface area contributed by atoms with E-state index in [1.807, 2.05) is 0 Å². The number of carboxylic acid groups (broad SMARTS) is 1. The summed E-state index contributed by atoms with van der Waals surface area (Å²) in [4.78, 5) is 23.6. The van der Waals surface area contributed by atoms with Gasteiger partial charge >= 0.3 is 12.1 Å². The Morgan fingerprint density at radius 3 is 2.62 bits per heavy atom. The van der Waals surface area contributed by atoms with Crippen LogP contribution in [0.2, 0.25) is 0 Å². The van der Waals surface area contributed by atoms with Gasteiger partial charge in [0.05, 0.1) is 18.0 Å². The van der Waals surface area contributed by atoms with E-state index >= 15 is 0 Å². The van der Waals surface area contributed by atoms with Crippen molar-refractivity contribution >= 4 is 5.97 Å². The smallest absolute Gasteiger partial charge is 0.416 e. The molecule has 0 spiro atoms. The van der Waals surface area contributed by atoms with Crippen LogP contribution in [0.4, 0.5) is 13.2 Å². The predicted molar refractivity (Wildman–Crippen MR) is 79.7 cm³/mol. The quantitative estimate of drug-likeness (QED) is 0.908. The minimum atomic E-state index is -4.48. The molecule has 1 aromatic carbocycles. The van der Waals surface area contributed by atoms with Crippen molar-refractivity contribution in [2.75, 3.05) is 0 Å². The molecule has 0 saturated heterocycles. The zero-order chi connectivity index (χ0) is 17.9. The molecule has 1 atom stereocenters. The molecule has 0 fully saturated rings. The highest BCUT2D eigenvalue weighted by molar-refractivity contribution is 5.75. The Morgan fingerprint density at radius 1 is 1.33 bits per heavy atom. The third kappa shape index (κ3) is 3.81. The zero-order valence-electron chi connectivity index (χ0n) is 12.7. The van der Waals surface area contributed by atoms with Gasteiger partial charge in [0.1, 0.15) is 0 Å². The van der Waals surface area contributed by atoms with Crippen LogP contribution in [-0.4, -0.2) is 20.9 Å². The number of halogens is 3. The second-order valence-electron chi connectivity index (χ2n) is 5.25. The van der Waals surface area contributed by atoms with Gasteiger partial charge in [-0.3, -0.25) is 9.59 Å². The summed E-state index contributed by atoms with van der Waals surface area (Å²) in [6.45, 7) is 1.46. The van der Waals surface area contributed by atoms with Crippen molar-refractivity contribution < 1.29 is 23.1 Å². The number of alkyl halides is 3. The SMILES string of the molecule is CCC(C(=O)O)c1ccnn(Cc2cccc(C(F)(F)F)c2)c1=O. The molecule has 2 rings (SSSR count). The lowest BCUT2D eigenvalue weighted by molar-refractivity contribution is -0.139. The first-order valence-electron chi connectivity index (χ1n) is 7.19. The summed E-state index contributed by atoms with van der Waals surface area (Å²) >= 11 is 0. The average Bonchev–Trinajstić information content (AvgIpc) is 2.51. The van der Waals surface area contributed by atoms with Gasteiger partial charge in [-0.2, -0.15) is 18.3 Å². The fraction of sp³-hybridized carbons (Fsp3) is 0.312. The van der Waals surface area contributed by atoms with Crippen molar-refractivity contribution in [3.05, 3.63) is 63.6 Å². The normalized spacial score (nSPS) is 12.8. The van der Waals surface area contributed by atoms with Gasteiger partial charge in [0, 0.05) is 11.8 Å². The summed E-state index contributed by atoms with van der Waals surface area (Å²) in [5, 5.41) is 13.0. The van der Waals surface area contributed by atoms with Crippen LogP contribution in [0.5, 0.6) is 0 Å². The molecule has 0 bridgehead atoms. The van der Waals surface area contributed by atoms with Crippen molar-refractivity contribution in [1.29, 1.82) is 0 Å². The predicted octanol–water partition coefficient (Wildman–Crippen LogP) is 2.89. The molecule has 1 unspecified atom stereocenters. The third-order valence-corrected chi connectivity index (χ3v) is 3.61. The maximum atomic E-state index is 12.7. The van der Waals surface area contributed by atoms with Crippen LogP contribution in [-0.2, 0) is 17.5 Å². The first-order chi connectivity index (χ1) is 11.2. The monoisotopic (exact) mass is 340 g/mol. The second kappa shape index (κ2) is 6.86. The van der Waals surface area contributed by atoms with Gasteiger partial charge in [0.2, 0.25) is 0 Å². The Bertz CT molecular complexity index is 800. The number of carbonyl (C=O) groups is 1. The number of rotatable bonds is 5. The molecular weight excluding hydrogens is 325 g/mol. The first kappa shape index (κ1) is 17.7. The summed E-state index contributed by atoms with van der Waals surface area (Å²) in [5.74, 6) is -2.11. The summed E-state index contributed by atoms with van der Waals surface area (Å²) in [6, 6.07) is 5.90. The number of carboxylic acids is 1. The molecule has 0 radical (unpaired) electrons. The number of nitrogens with zero attached hydrogens (tertiary/aromatic N) is 2. The van der Waals surface area contributed by atoms with Crippen molar-refractivity contribution in [2.45, 2.75) is 32.0 Å². The highest BCUT2D eigenvalue weighted by Crippen LogP contribution is 2.29. The van der Waals surface area contributed by atoms with Crippen LogP contribution in [0, 0.1) is 0 Å². The first-order valence-corrected chi connectivity index (χ1v) is 7.19. The molecule has 1 N–H and O–H groups in total. The van der Waals surface area contributed by atoms with Gasteiger partial charge in [-0.1, -0.05) is 19.1 Å². The molecule has 0 amide bonds. The molecule has 0 saturated carbocycles. The molecule has 0 aliphatic heterocycles. The minimum Gasteiger partial charge on any atom is -0.481 e. The van der Waals surface area contributed by atoms with Gasteiger partial charge < -0.3 is 5.11 Å². The lowest BCUT2D eigenvalue weighted by Crippen LogP contribution is -2.29. The molecule has 0 aliphatic carbocycles. The fourth-order valence-electron chi connectivity index (χ4n) is 2.39. The Balaban J connectivity index is 2.38. The highest BCUT2D eigenvalue weighted by atomic mass is 19.4. The van der Waals surface area contributed by atoms with Crippen LogP contribution in [0.25, 0.3) is 0 Å². The zero-order valence-corrected chi connectivity index (χ0v) is 12.7. The van der Waals surface area contributed by atoms with E-state index in [9.17, 15) is 22.8 Å². The Labute approximate surface area is 135 Å². The molecule has 5 nitrogen and oxygen atoms in total. The standard InChI is InChI=1S/C16H15F3N2O3/c1-2-12(15(23)24)13-6-7-20-21(14(13)22)9-10-4-3-5-11(8-10)16(17,18)19/h3-8,12H,2,9H2,1H3,(H,23,24). The molecular formula is C16H15F3N2O3. The van der Waals surface area contributed by atoms with Crippen LogP contribution < -0.4 is 5.56 Å². The Morgan fingerprint density at radius 2 is 2.04 bits per heavy atom. The topological polar surface area (TPSA) is 72.2 Å². The van der Waals surface area contributed by atoms with E-state index in [4.69, 9.17) is 5.11 Å². The lowest BCUT2D eigenvalue weighted by atomic mass is 9.98. The van der Waals surface area contributed by atoms with E-state index in [1.165, 1.54) is 24.4 Å². The average molecular weight is 340 g/mol. The van der Waals surface area contributed by atoms with E-state index < -0.39 is 29.2 Å². The summed E-state index contributed by atoms with van der Waals surface area (Å²) in [6.07, 6.45) is -2.99. The maximum absolute atomic E-state index is 12.7. The fourth-order valence-corrected chi connectivity index (χ4v) is 2.39. The lowest BCUT2D eigenvalue weighted by Gasteiger charge is -2.12. The van der Waals surface area contributed by atoms with E-state index in [0.717, 1.165) is 16.8 Å². The number of hydrogen-bond acceptors (Lipinski definition) is 3. The van der Waals surface area contributed by atoms with Gasteiger partial charge in [0.15, 0.2) is 0 Å². The highest BCUT2D eigenvalue weighted by Gasteiger charge is 2.30. The summed E-state index contributed by atoms with van der Waals surface area (Å²) in [5.41, 5.74) is -1.13. The van der Waals surface area contributed by atoms with Gasteiger partial charge in [-0.05, 0) is 30.2 Å². The second-order valence-corrected chi connectivity index (χ2v) is 5.25. The number of aromatic nitrogens is 2. The van der Waals surface area contributed by atoms with Crippen LogP contribution >= 0.6 is 0 Å². The molecule has 1 aromatic heterocycles. The third-order valence-electron chi connectivity index (χ3n) is 3.61. The minimum absolute atomic E-state index is 0.0620. The van der Waals surface area contributed by atoms with Gasteiger partial charge in [-0.15, -0.1) is 0 Å². The molecule has 8 heteroatoms. The van der Waals surface area contributed by atoms with Crippen molar-refractivity contribution in [3.63, 3.8) is 0 Å². The van der Waals surface area contributed by atoms with Crippen molar-refractivity contribution in [3.8, 4) is 0 Å².